The molecule has 0 amide bonds. The lowest BCUT2D eigenvalue weighted by molar-refractivity contribution is -0.874. The minimum Gasteiger partial charge on any atom is -1.00 e. The Bertz CT molecular complexity index is 286. The zero-order valence-electron chi connectivity index (χ0n) is 11.0. The van der Waals surface area contributed by atoms with Gasteiger partial charge in [-0.3, -0.25) is 9.59 Å². The number of aliphatic hydroxyl groups excluding tert-OH is 1. The van der Waals surface area contributed by atoms with Crippen LogP contribution in [0.25, 0.3) is 0 Å². The molecular formula is C11H22INO4. The largest absolute Gasteiger partial charge is 1.00 e. The third kappa shape index (κ3) is 5.41. The van der Waals surface area contributed by atoms with E-state index in [2.05, 4.69) is 0 Å². The summed E-state index contributed by atoms with van der Waals surface area (Å²) in [6.45, 7) is 2.80. The summed E-state index contributed by atoms with van der Waals surface area (Å²) in [7, 11) is 5.30. The van der Waals surface area contributed by atoms with Crippen molar-refractivity contribution in [1.29, 1.82) is 0 Å². The molecule has 102 valence electrons. The average Bonchev–Trinajstić information content (AvgIpc) is 2.12. The van der Waals surface area contributed by atoms with Crippen LogP contribution in [0.1, 0.15) is 20.3 Å². The van der Waals surface area contributed by atoms with E-state index < -0.39 is 23.3 Å². The predicted octanol–water partition coefficient (Wildman–Crippen LogP) is -3.64. The molecule has 0 aromatic carbocycles. The van der Waals surface area contributed by atoms with Crippen LogP contribution in [0.3, 0.4) is 0 Å². The standard InChI is InChI=1S/C11H22NO4.HI/c1-6-9(14)11(16,7-12(3,4)5)10(15)8(2)13;/h8,13,16H,6-7H2,1-5H3;1H/q+1;/p-1. The number of carbonyl (C=O) groups excluding carboxylic acids is 2. The second kappa shape index (κ2) is 6.77. The number of hydrogen-bond donors (Lipinski definition) is 2. The van der Waals surface area contributed by atoms with Gasteiger partial charge in [0.15, 0.2) is 5.78 Å². The van der Waals surface area contributed by atoms with E-state index in [0.29, 0.717) is 0 Å². The van der Waals surface area contributed by atoms with Gasteiger partial charge in [-0.1, -0.05) is 6.92 Å². The number of quaternary nitrogens is 1. The van der Waals surface area contributed by atoms with Crippen molar-refractivity contribution in [3.8, 4) is 0 Å². The first kappa shape index (κ1) is 19.3. The molecule has 2 atom stereocenters. The lowest BCUT2D eigenvalue weighted by Crippen LogP contribution is -3.00. The highest BCUT2D eigenvalue weighted by molar-refractivity contribution is 6.11. The Morgan fingerprint density at radius 2 is 1.71 bits per heavy atom. The summed E-state index contributed by atoms with van der Waals surface area (Å²) in [6, 6.07) is 0. The fourth-order valence-corrected chi connectivity index (χ4v) is 1.63. The summed E-state index contributed by atoms with van der Waals surface area (Å²) in [4.78, 5) is 23.4. The van der Waals surface area contributed by atoms with E-state index in [1.807, 2.05) is 0 Å². The molecule has 0 fully saturated rings. The van der Waals surface area contributed by atoms with Crippen molar-refractivity contribution in [1.82, 2.24) is 0 Å². The van der Waals surface area contributed by atoms with Crippen molar-refractivity contribution in [2.24, 2.45) is 0 Å². The minimum absolute atomic E-state index is 0. The number of ketones is 2. The highest BCUT2D eigenvalue weighted by atomic mass is 127. The number of carbonyl (C=O) groups is 2. The molecule has 17 heavy (non-hydrogen) atoms. The Balaban J connectivity index is 0. The molecule has 0 spiro atoms. The molecule has 0 rings (SSSR count). The Morgan fingerprint density at radius 1 is 1.29 bits per heavy atom. The number of aliphatic hydroxyl groups is 2. The summed E-state index contributed by atoms with van der Waals surface area (Å²) < 4.78 is 0.265. The number of halogens is 1. The third-order valence-corrected chi connectivity index (χ3v) is 2.27. The number of rotatable bonds is 6. The van der Waals surface area contributed by atoms with Crippen LogP contribution in [0, 0.1) is 0 Å². The van der Waals surface area contributed by atoms with E-state index in [4.69, 9.17) is 0 Å². The van der Waals surface area contributed by atoms with Crippen molar-refractivity contribution in [3.63, 3.8) is 0 Å². The number of nitrogens with zero attached hydrogens (tertiary/aromatic N) is 1. The van der Waals surface area contributed by atoms with Gasteiger partial charge in [0.05, 0.1) is 21.1 Å². The highest BCUT2D eigenvalue weighted by Gasteiger charge is 2.48. The normalized spacial score (nSPS) is 16.6. The van der Waals surface area contributed by atoms with Crippen LogP contribution in [-0.2, 0) is 9.59 Å². The SMILES string of the molecule is CCC(=O)C(O)(C[N+](C)(C)C)C(=O)C(C)O.[I-]. The molecule has 0 saturated carbocycles. The van der Waals surface area contributed by atoms with E-state index in [9.17, 15) is 19.8 Å². The maximum absolute atomic E-state index is 11.7. The first-order valence-electron chi connectivity index (χ1n) is 5.33. The first-order valence-corrected chi connectivity index (χ1v) is 5.33. The monoisotopic (exact) mass is 359 g/mol. The average molecular weight is 359 g/mol. The molecule has 0 aromatic heterocycles. The molecule has 0 radical (unpaired) electrons. The maximum Gasteiger partial charge on any atom is 0.233 e. The molecule has 0 aliphatic carbocycles. The van der Waals surface area contributed by atoms with E-state index in [-0.39, 0.29) is 41.4 Å². The summed E-state index contributed by atoms with van der Waals surface area (Å²) in [5.41, 5.74) is -2.08. The van der Waals surface area contributed by atoms with Crippen LogP contribution in [0.4, 0.5) is 0 Å². The summed E-state index contributed by atoms with van der Waals surface area (Å²) in [5, 5.41) is 19.4. The van der Waals surface area contributed by atoms with Gasteiger partial charge in [0.25, 0.3) is 0 Å². The zero-order valence-corrected chi connectivity index (χ0v) is 13.2. The van der Waals surface area contributed by atoms with E-state index in [0.717, 1.165) is 0 Å². The van der Waals surface area contributed by atoms with Crippen LogP contribution < -0.4 is 24.0 Å². The quantitative estimate of drug-likeness (QED) is 0.292. The summed E-state index contributed by atoms with van der Waals surface area (Å²) >= 11 is 0. The molecule has 5 nitrogen and oxygen atoms in total. The molecule has 0 heterocycles. The smallest absolute Gasteiger partial charge is 0.233 e. The number of hydrogen-bond acceptors (Lipinski definition) is 4. The van der Waals surface area contributed by atoms with Gasteiger partial charge in [0, 0.05) is 6.42 Å². The molecule has 0 aliphatic heterocycles. The minimum atomic E-state index is -2.08. The molecule has 0 bridgehead atoms. The first-order chi connectivity index (χ1) is 7.04. The Labute approximate surface area is 119 Å². The van der Waals surface area contributed by atoms with Crippen LogP contribution >= 0.6 is 0 Å². The van der Waals surface area contributed by atoms with Gasteiger partial charge in [-0.2, -0.15) is 0 Å². The van der Waals surface area contributed by atoms with Crippen LogP contribution in [0.15, 0.2) is 0 Å². The molecule has 6 heteroatoms. The van der Waals surface area contributed by atoms with Gasteiger partial charge >= 0.3 is 0 Å². The van der Waals surface area contributed by atoms with E-state index in [1.54, 1.807) is 28.1 Å². The Hall–Kier alpha value is -0.0500. The van der Waals surface area contributed by atoms with Gasteiger partial charge in [-0.05, 0) is 6.92 Å². The number of likely N-dealkylation sites (N-methyl/N-ethyl adjacent to an activating group) is 1. The molecular weight excluding hydrogens is 337 g/mol. The zero-order chi connectivity index (χ0) is 13.1. The predicted molar refractivity (Wildman–Crippen MR) is 59.8 cm³/mol. The maximum atomic E-state index is 11.7. The third-order valence-electron chi connectivity index (χ3n) is 2.27. The van der Waals surface area contributed by atoms with Crippen molar-refractivity contribution in [2.75, 3.05) is 27.7 Å². The highest BCUT2D eigenvalue weighted by Crippen LogP contribution is 2.16. The fraction of sp³-hybridized carbons (Fsp3) is 0.818. The van der Waals surface area contributed by atoms with Crippen LogP contribution in [0.5, 0.6) is 0 Å². The topological polar surface area (TPSA) is 74.6 Å². The molecule has 2 unspecified atom stereocenters. The van der Waals surface area contributed by atoms with Crippen molar-refractivity contribution in [2.45, 2.75) is 32.0 Å². The lowest BCUT2D eigenvalue weighted by Gasteiger charge is -2.33. The van der Waals surface area contributed by atoms with E-state index >= 15 is 0 Å². The van der Waals surface area contributed by atoms with Crippen LogP contribution in [-0.4, -0.2) is 65.7 Å². The summed E-state index contributed by atoms with van der Waals surface area (Å²) in [6.07, 6.45) is -1.28. The molecule has 2 N–H and O–H groups in total. The van der Waals surface area contributed by atoms with Crippen LogP contribution in [0.2, 0.25) is 0 Å². The Morgan fingerprint density at radius 3 is 1.94 bits per heavy atom. The van der Waals surface area contributed by atoms with Crippen molar-refractivity contribution >= 4 is 11.6 Å². The number of Topliss-reactive ketones (excluding diaryl/α,β-unsaturated/α-hetero) is 2. The van der Waals surface area contributed by atoms with Gasteiger partial charge in [-0.25, -0.2) is 0 Å². The van der Waals surface area contributed by atoms with Gasteiger partial charge < -0.3 is 38.7 Å². The molecule has 0 aromatic rings. The molecule has 0 saturated heterocycles. The molecule has 0 aliphatic rings. The summed E-state index contributed by atoms with van der Waals surface area (Å²) in [5.74, 6) is -1.38. The van der Waals surface area contributed by atoms with E-state index in [1.165, 1.54) is 6.92 Å². The Kier molecular flexibility index (Phi) is 7.68. The second-order valence-corrected chi connectivity index (χ2v) is 5.13. The van der Waals surface area contributed by atoms with Crippen molar-refractivity contribution < 1.29 is 48.3 Å². The van der Waals surface area contributed by atoms with Gasteiger partial charge in [0.1, 0.15) is 12.6 Å². The second-order valence-electron chi connectivity index (χ2n) is 5.13. The van der Waals surface area contributed by atoms with Crippen molar-refractivity contribution in [3.05, 3.63) is 0 Å². The fourth-order valence-electron chi connectivity index (χ4n) is 1.63. The van der Waals surface area contributed by atoms with Gasteiger partial charge in [-0.15, -0.1) is 0 Å². The lowest BCUT2D eigenvalue weighted by atomic mass is 9.88. The van der Waals surface area contributed by atoms with Gasteiger partial charge in [0.2, 0.25) is 11.4 Å².